The molecule has 1 aromatic heterocycles. The van der Waals surface area contributed by atoms with Crippen molar-refractivity contribution in [3.05, 3.63) is 29.6 Å². The number of hydrogen-bond acceptors (Lipinski definition) is 2. The number of nitrogens with zero attached hydrogens (tertiary/aromatic N) is 2. The quantitative estimate of drug-likeness (QED) is 0.926. The normalized spacial score (nSPS) is 22.6. The smallest absolute Gasteiger partial charge is 0.337 e. The lowest BCUT2D eigenvalue weighted by atomic mass is 9.87. The van der Waals surface area contributed by atoms with Gasteiger partial charge in [0.2, 0.25) is 0 Å². The Balaban J connectivity index is 2.17. The summed E-state index contributed by atoms with van der Waals surface area (Å²) in [6.07, 6.45) is 5.49. The van der Waals surface area contributed by atoms with Crippen molar-refractivity contribution in [2.75, 3.05) is 0 Å². The number of aromatic nitrogens is 2. The highest BCUT2D eigenvalue weighted by molar-refractivity contribution is 6.01. The number of rotatable bonds is 3. The molecule has 4 heteroatoms. The summed E-state index contributed by atoms with van der Waals surface area (Å²) in [6, 6.07) is 5.78. The third kappa shape index (κ3) is 2.43. The second-order valence-corrected chi connectivity index (χ2v) is 6.14. The highest BCUT2D eigenvalue weighted by Crippen LogP contribution is 2.36. The summed E-state index contributed by atoms with van der Waals surface area (Å²) in [4.78, 5) is 16.2. The van der Waals surface area contributed by atoms with Gasteiger partial charge in [0.1, 0.15) is 5.82 Å². The van der Waals surface area contributed by atoms with Crippen LogP contribution < -0.4 is 0 Å². The fraction of sp³-hybridized carbons (Fsp3) is 0.529. The van der Waals surface area contributed by atoms with Gasteiger partial charge in [-0.15, -0.1) is 0 Å². The number of benzene rings is 1. The molecule has 0 radical (unpaired) electrons. The predicted octanol–water partition coefficient (Wildman–Crippen LogP) is 4.05. The van der Waals surface area contributed by atoms with E-state index in [1.54, 1.807) is 12.1 Å². The van der Waals surface area contributed by atoms with Crippen molar-refractivity contribution < 1.29 is 9.90 Å². The summed E-state index contributed by atoms with van der Waals surface area (Å²) >= 11 is 0. The van der Waals surface area contributed by atoms with Crippen LogP contribution in [0.3, 0.4) is 0 Å². The molecule has 3 rings (SSSR count). The van der Waals surface area contributed by atoms with Gasteiger partial charge in [0.15, 0.2) is 0 Å². The van der Waals surface area contributed by atoms with E-state index >= 15 is 0 Å². The van der Waals surface area contributed by atoms with Crippen LogP contribution in [0.1, 0.15) is 61.8 Å². The van der Waals surface area contributed by atoms with Gasteiger partial charge < -0.3 is 9.67 Å². The fourth-order valence-electron chi connectivity index (χ4n) is 3.51. The van der Waals surface area contributed by atoms with Gasteiger partial charge in [0, 0.05) is 12.5 Å². The van der Waals surface area contributed by atoms with E-state index in [0.717, 1.165) is 42.0 Å². The van der Waals surface area contributed by atoms with Crippen molar-refractivity contribution in [2.45, 2.75) is 52.0 Å². The summed E-state index contributed by atoms with van der Waals surface area (Å²) in [5, 5.41) is 9.49. The number of para-hydroxylation sites is 1. The average molecular weight is 286 g/mol. The van der Waals surface area contributed by atoms with E-state index in [-0.39, 0.29) is 0 Å². The van der Waals surface area contributed by atoms with Crippen LogP contribution in [0.15, 0.2) is 18.2 Å². The van der Waals surface area contributed by atoms with E-state index in [1.165, 1.54) is 12.8 Å². The molecule has 0 amide bonds. The van der Waals surface area contributed by atoms with Crippen molar-refractivity contribution in [3.63, 3.8) is 0 Å². The van der Waals surface area contributed by atoms with Crippen LogP contribution in [0.25, 0.3) is 11.0 Å². The maximum absolute atomic E-state index is 11.6. The van der Waals surface area contributed by atoms with Crippen molar-refractivity contribution in [2.24, 2.45) is 5.92 Å². The lowest BCUT2D eigenvalue weighted by Gasteiger charge is -2.29. The Kier molecular flexibility index (Phi) is 3.70. The maximum Gasteiger partial charge on any atom is 0.337 e. The van der Waals surface area contributed by atoms with Crippen LogP contribution in [0, 0.1) is 5.92 Å². The largest absolute Gasteiger partial charge is 0.478 e. The lowest BCUT2D eigenvalue weighted by molar-refractivity contribution is 0.0698. The van der Waals surface area contributed by atoms with Crippen LogP contribution in [0.4, 0.5) is 0 Å². The molecule has 21 heavy (non-hydrogen) atoms. The van der Waals surface area contributed by atoms with Gasteiger partial charge in [-0.1, -0.05) is 19.9 Å². The van der Waals surface area contributed by atoms with Crippen molar-refractivity contribution in [1.82, 2.24) is 9.55 Å². The molecule has 1 fully saturated rings. The second kappa shape index (κ2) is 5.51. The van der Waals surface area contributed by atoms with Gasteiger partial charge in [0.05, 0.1) is 16.6 Å². The van der Waals surface area contributed by atoms with Crippen molar-refractivity contribution in [1.29, 1.82) is 0 Å². The maximum atomic E-state index is 11.6. The van der Waals surface area contributed by atoms with Crippen molar-refractivity contribution >= 4 is 17.0 Å². The first-order valence-electron chi connectivity index (χ1n) is 7.85. The molecule has 1 heterocycles. The molecule has 0 bridgehead atoms. The number of aryl methyl sites for hydroxylation is 1. The topological polar surface area (TPSA) is 55.1 Å². The zero-order chi connectivity index (χ0) is 15.0. The third-order valence-corrected chi connectivity index (χ3v) is 4.68. The Morgan fingerprint density at radius 3 is 2.67 bits per heavy atom. The SMILES string of the molecule is CCc1nc2cccc(C(=O)O)c2n1C1CCC(C)CC1. The summed E-state index contributed by atoms with van der Waals surface area (Å²) in [5.41, 5.74) is 1.99. The highest BCUT2D eigenvalue weighted by Gasteiger charge is 2.25. The molecule has 1 aliphatic carbocycles. The molecule has 1 aromatic carbocycles. The van der Waals surface area contributed by atoms with Gasteiger partial charge in [0.25, 0.3) is 0 Å². The van der Waals surface area contributed by atoms with Gasteiger partial charge in [-0.25, -0.2) is 9.78 Å². The van der Waals surface area contributed by atoms with E-state index in [2.05, 4.69) is 23.4 Å². The minimum absolute atomic E-state index is 0.373. The van der Waals surface area contributed by atoms with Crippen LogP contribution in [-0.2, 0) is 6.42 Å². The standard InChI is InChI=1S/C17H22N2O2/c1-3-15-18-14-6-4-5-13(17(20)21)16(14)19(15)12-9-7-11(2)8-10-12/h4-6,11-12H,3,7-10H2,1-2H3,(H,20,21). The zero-order valence-electron chi connectivity index (χ0n) is 12.7. The number of carbonyl (C=O) groups is 1. The minimum atomic E-state index is -0.867. The minimum Gasteiger partial charge on any atom is -0.478 e. The summed E-state index contributed by atoms with van der Waals surface area (Å²) in [6.45, 7) is 4.38. The number of carboxylic acid groups (broad SMARTS) is 1. The summed E-state index contributed by atoms with van der Waals surface area (Å²) in [7, 11) is 0. The van der Waals surface area contributed by atoms with Crippen molar-refractivity contribution in [3.8, 4) is 0 Å². The first-order valence-corrected chi connectivity index (χ1v) is 7.85. The Morgan fingerprint density at radius 1 is 1.33 bits per heavy atom. The molecule has 0 saturated heterocycles. The van der Waals surface area contributed by atoms with E-state index < -0.39 is 5.97 Å². The van der Waals surface area contributed by atoms with E-state index in [4.69, 9.17) is 0 Å². The number of imidazole rings is 1. The van der Waals surface area contributed by atoms with E-state index in [9.17, 15) is 9.90 Å². The lowest BCUT2D eigenvalue weighted by Crippen LogP contribution is -2.19. The molecule has 4 nitrogen and oxygen atoms in total. The number of carboxylic acids is 1. The fourth-order valence-corrected chi connectivity index (χ4v) is 3.51. The van der Waals surface area contributed by atoms with Crippen LogP contribution in [0.2, 0.25) is 0 Å². The van der Waals surface area contributed by atoms with E-state index in [0.29, 0.717) is 11.6 Å². The number of aromatic carboxylic acids is 1. The van der Waals surface area contributed by atoms with Gasteiger partial charge in [-0.05, 0) is 43.7 Å². The molecule has 0 unspecified atom stereocenters. The average Bonchev–Trinajstić information content (AvgIpc) is 2.86. The number of fused-ring (bicyclic) bond motifs is 1. The van der Waals surface area contributed by atoms with Crippen LogP contribution in [-0.4, -0.2) is 20.6 Å². The molecule has 2 aromatic rings. The molecule has 112 valence electrons. The van der Waals surface area contributed by atoms with Gasteiger partial charge in [-0.3, -0.25) is 0 Å². The molecular weight excluding hydrogens is 264 g/mol. The molecule has 1 saturated carbocycles. The Morgan fingerprint density at radius 2 is 2.05 bits per heavy atom. The zero-order valence-corrected chi connectivity index (χ0v) is 12.7. The molecule has 1 N–H and O–H groups in total. The van der Waals surface area contributed by atoms with Crippen LogP contribution >= 0.6 is 0 Å². The molecule has 0 atom stereocenters. The Hall–Kier alpha value is -1.84. The molecular formula is C17H22N2O2. The number of hydrogen-bond donors (Lipinski definition) is 1. The second-order valence-electron chi connectivity index (χ2n) is 6.14. The highest BCUT2D eigenvalue weighted by atomic mass is 16.4. The molecule has 0 spiro atoms. The molecule has 1 aliphatic rings. The van der Waals surface area contributed by atoms with E-state index in [1.807, 2.05) is 6.07 Å². The Labute approximate surface area is 124 Å². The summed E-state index contributed by atoms with van der Waals surface area (Å²) < 4.78 is 2.21. The first kappa shape index (κ1) is 14.1. The molecule has 0 aliphatic heterocycles. The monoisotopic (exact) mass is 286 g/mol. The Bertz CT molecular complexity index is 667. The third-order valence-electron chi connectivity index (χ3n) is 4.68. The summed E-state index contributed by atoms with van der Waals surface area (Å²) in [5.74, 6) is 0.923. The predicted molar refractivity (Wildman–Crippen MR) is 82.7 cm³/mol. The van der Waals surface area contributed by atoms with Gasteiger partial charge in [-0.2, -0.15) is 0 Å². The van der Waals surface area contributed by atoms with Gasteiger partial charge >= 0.3 is 5.97 Å². The van der Waals surface area contributed by atoms with Crippen LogP contribution in [0.5, 0.6) is 0 Å². The first-order chi connectivity index (χ1) is 10.1.